The van der Waals surface area contributed by atoms with Crippen molar-refractivity contribution in [1.29, 1.82) is 0 Å². The fourth-order valence-electron chi connectivity index (χ4n) is 4.06. The van der Waals surface area contributed by atoms with Crippen molar-refractivity contribution in [2.75, 3.05) is 0 Å². The standard InChI is InChI=1S/C24H22N8O2/c1-2-3-7-20-27-19-6-4-5-17(24(33)34)22(19)32(20)13-15-8-10-16(11-9-15)21-18(12-25-14-26-21)23-28-30-31-29-23/h4-6,8-12,14H,2-3,7,13H2,1H3,(H,33,34)(H,28,29,30,31). The second kappa shape index (κ2) is 9.18. The quantitative estimate of drug-likeness (QED) is 0.362. The number of carboxylic acids is 1. The average molecular weight is 454 g/mol. The number of aromatic carboxylic acids is 1. The van der Waals surface area contributed by atoms with Crippen LogP contribution in [-0.4, -0.2) is 51.2 Å². The van der Waals surface area contributed by atoms with Crippen molar-refractivity contribution in [2.45, 2.75) is 32.7 Å². The van der Waals surface area contributed by atoms with Gasteiger partial charge in [0.2, 0.25) is 0 Å². The maximum Gasteiger partial charge on any atom is 0.337 e. The van der Waals surface area contributed by atoms with Crippen molar-refractivity contribution in [1.82, 2.24) is 40.1 Å². The molecular weight excluding hydrogens is 432 g/mol. The predicted molar refractivity (Wildman–Crippen MR) is 125 cm³/mol. The highest BCUT2D eigenvalue weighted by Crippen LogP contribution is 2.28. The van der Waals surface area contributed by atoms with Gasteiger partial charge in [-0.25, -0.2) is 24.8 Å². The van der Waals surface area contributed by atoms with Crippen LogP contribution in [0.4, 0.5) is 0 Å². The first-order chi connectivity index (χ1) is 16.7. The van der Waals surface area contributed by atoms with Crippen molar-refractivity contribution in [3.8, 4) is 22.6 Å². The Morgan fingerprint density at radius 2 is 2.00 bits per heavy atom. The lowest BCUT2D eigenvalue weighted by molar-refractivity contribution is 0.0698. The molecule has 170 valence electrons. The molecule has 3 aromatic heterocycles. The first-order valence-electron chi connectivity index (χ1n) is 11.0. The number of fused-ring (bicyclic) bond motifs is 1. The molecule has 0 aliphatic heterocycles. The maximum atomic E-state index is 11.9. The Bertz CT molecular complexity index is 1440. The van der Waals surface area contributed by atoms with E-state index in [-0.39, 0.29) is 5.56 Å². The van der Waals surface area contributed by atoms with E-state index in [4.69, 9.17) is 4.98 Å². The van der Waals surface area contributed by atoms with Gasteiger partial charge in [-0.15, -0.1) is 5.10 Å². The second-order valence-corrected chi connectivity index (χ2v) is 7.93. The zero-order valence-corrected chi connectivity index (χ0v) is 18.5. The number of hydrogen-bond donors (Lipinski definition) is 2. The number of nitrogens with one attached hydrogen (secondary N) is 1. The summed E-state index contributed by atoms with van der Waals surface area (Å²) in [6.45, 7) is 2.65. The normalized spacial score (nSPS) is 11.2. The van der Waals surface area contributed by atoms with Gasteiger partial charge >= 0.3 is 5.97 Å². The first-order valence-corrected chi connectivity index (χ1v) is 11.0. The van der Waals surface area contributed by atoms with E-state index >= 15 is 0 Å². The van der Waals surface area contributed by atoms with Gasteiger partial charge in [-0.2, -0.15) is 0 Å². The number of carboxylic acid groups (broad SMARTS) is 1. The van der Waals surface area contributed by atoms with Gasteiger partial charge in [0.1, 0.15) is 12.2 Å². The fraction of sp³-hybridized carbons (Fsp3) is 0.208. The van der Waals surface area contributed by atoms with Crippen LogP contribution < -0.4 is 0 Å². The number of H-pyrrole nitrogens is 1. The summed E-state index contributed by atoms with van der Waals surface area (Å²) in [6, 6.07) is 13.2. The van der Waals surface area contributed by atoms with Gasteiger partial charge in [0.25, 0.3) is 0 Å². The number of tetrazole rings is 1. The predicted octanol–water partition coefficient (Wildman–Crippen LogP) is 3.76. The van der Waals surface area contributed by atoms with Gasteiger partial charge in [-0.1, -0.05) is 43.7 Å². The SMILES string of the molecule is CCCCc1nc2cccc(C(=O)O)c2n1Cc1ccc(-c2ncncc2-c2nnn[nH]2)cc1. The minimum Gasteiger partial charge on any atom is -0.478 e. The number of hydrogen-bond acceptors (Lipinski definition) is 7. The molecule has 5 aromatic rings. The summed E-state index contributed by atoms with van der Waals surface area (Å²) in [6.07, 6.45) is 5.96. The van der Waals surface area contributed by atoms with Crippen molar-refractivity contribution in [2.24, 2.45) is 0 Å². The summed E-state index contributed by atoms with van der Waals surface area (Å²) in [5.74, 6) is 0.430. The third-order valence-corrected chi connectivity index (χ3v) is 5.71. The summed E-state index contributed by atoms with van der Waals surface area (Å²) in [7, 11) is 0. The Hall–Kier alpha value is -4.47. The van der Waals surface area contributed by atoms with Crippen LogP contribution in [0.1, 0.15) is 41.5 Å². The van der Waals surface area contributed by atoms with E-state index in [1.165, 1.54) is 6.33 Å². The second-order valence-electron chi connectivity index (χ2n) is 7.93. The highest BCUT2D eigenvalue weighted by molar-refractivity contribution is 6.01. The summed E-state index contributed by atoms with van der Waals surface area (Å²) >= 11 is 0. The molecule has 2 N–H and O–H groups in total. The van der Waals surface area contributed by atoms with Crippen LogP contribution in [0, 0.1) is 0 Å². The molecule has 0 saturated carbocycles. The third-order valence-electron chi connectivity index (χ3n) is 5.71. The number of carbonyl (C=O) groups is 1. The number of benzene rings is 2. The zero-order valence-electron chi connectivity index (χ0n) is 18.5. The van der Waals surface area contributed by atoms with Crippen LogP contribution in [-0.2, 0) is 13.0 Å². The lowest BCUT2D eigenvalue weighted by Gasteiger charge is -2.12. The molecule has 3 heterocycles. The topological polar surface area (TPSA) is 135 Å². The number of aromatic nitrogens is 8. The monoisotopic (exact) mass is 454 g/mol. The molecule has 0 atom stereocenters. The molecule has 10 nitrogen and oxygen atoms in total. The lowest BCUT2D eigenvalue weighted by Crippen LogP contribution is -2.08. The summed E-state index contributed by atoms with van der Waals surface area (Å²) in [5, 5.41) is 23.7. The minimum absolute atomic E-state index is 0.260. The van der Waals surface area contributed by atoms with Gasteiger partial charge in [0.15, 0.2) is 5.82 Å². The third kappa shape index (κ3) is 4.01. The Kier molecular flexibility index (Phi) is 5.77. The maximum absolute atomic E-state index is 11.9. The van der Waals surface area contributed by atoms with Crippen molar-refractivity contribution >= 4 is 17.0 Å². The number of imidazole rings is 1. The minimum atomic E-state index is -0.956. The summed E-state index contributed by atoms with van der Waals surface area (Å²) < 4.78 is 2.03. The van der Waals surface area contributed by atoms with Crippen LogP contribution in [0.5, 0.6) is 0 Å². The molecule has 0 aliphatic carbocycles. The Morgan fingerprint density at radius 3 is 2.74 bits per heavy atom. The molecule has 2 aromatic carbocycles. The van der Waals surface area contributed by atoms with Crippen LogP contribution in [0.25, 0.3) is 33.7 Å². The van der Waals surface area contributed by atoms with E-state index in [9.17, 15) is 9.90 Å². The van der Waals surface area contributed by atoms with Crippen molar-refractivity contribution < 1.29 is 9.90 Å². The highest BCUT2D eigenvalue weighted by atomic mass is 16.4. The van der Waals surface area contributed by atoms with E-state index in [0.717, 1.165) is 36.2 Å². The van der Waals surface area contributed by atoms with Crippen molar-refractivity contribution in [3.05, 3.63) is 71.9 Å². The highest BCUT2D eigenvalue weighted by Gasteiger charge is 2.18. The summed E-state index contributed by atoms with van der Waals surface area (Å²) in [4.78, 5) is 25.2. The number of aromatic amines is 1. The molecule has 0 amide bonds. The van der Waals surface area contributed by atoms with E-state index in [0.29, 0.717) is 34.7 Å². The molecule has 34 heavy (non-hydrogen) atoms. The molecule has 10 heteroatoms. The van der Waals surface area contributed by atoms with Crippen molar-refractivity contribution in [3.63, 3.8) is 0 Å². The Labute approximate surface area is 194 Å². The lowest BCUT2D eigenvalue weighted by atomic mass is 10.0. The Morgan fingerprint density at radius 1 is 1.15 bits per heavy atom. The van der Waals surface area contributed by atoms with Gasteiger partial charge in [0.05, 0.1) is 27.9 Å². The largest absolute Gasteiger partial charge is 0.478 e. The molecule has 0 saturated heterocycles. The van der Waals surface area contributed by atoms with Gasteiger partial charge < -0.3 is 9.67 Å². The number of unbranched alkanes of at least 4 members (excludes halogenated alkanes) is 1. The molecular formula is C24H22N8O2. The number of para-hydroxylation sites is 1. The van der Waals surface area contributed by atoms with E-state index in [1.54, 1.807) is 18.3 Å². The fourth-order valence-corrected chi connectivity index (χ4v) is 4.06. The number of nitrogens with zero attached hydrogens (tertiary/aromatic N) is 7. The van der Waals surface area contributed by atoms with Gasteiger partial charge in [-0.3, -0.25) is 0 Å². The van der Waals surface area contributed by atoms with E-state index in [2.05, 4.69) is 37.5 Å². The van der Waals surface area contributed by atoms with E-state index < -0.39 is 5.97 Å². The van der Waals surface area contributed by atoms with Crippen LogP contribution in [0.15, 0.2) is 55.0 Å². The average Bonchev–Trinajstić information content (AvgIpc) is 3.52. The molecule has 0 aliphatic rings. The molecule has 0 fully saturated rings. The number of aryl methyl sites for hydroxylation is 1. The first kappa shape index (κ1) is 21.4. The molecule has 0 bridgehead atoms. The van der Waals surface area contributed by atoms with Crippen LogP contribution in [0.3, 0.4) is 0 Å². The molecule has 0 spiro atoms. The van der Waals surface area contributed by atoms with Gasteiger partial charge in [-0.05, 0) is 34.5 Å². The molecule has 0 radical (unpaired) electrons. The van der Waals surface area contributed by atoms with Gasteiger partial charge in [0, 0.05) is 24.7 Å². The van der Waals surface area contributed by atoms with E-state index in [1.807, 2.05) is 34.9 Å². The Balaban J connectivity index is 1.52. The number of rotatable bonds is 8. The van der Waals surface area contributed by atoms with Crippen LogP contribution in [0.2, 0.25) is 0 Å². The smallest absolute Gasteiger partial charge is 0.337 e. The van der Waals surface area contributed by atoms with Crippen LogP contribution >= 0.6 is 0 Å². The molecule has 5 rings (SSSR count). The molecule has 0 unspecified atom stereocenters. The summed E-state index contributed by atoms with van der Waals surface area (Å²) in [5.41, 5.74) is 4.95. The zero-order chi connectivity index (χ0) is 23.5.